The van der Waals surface area contributed by atoms with E-state index in [9.17, 15) is 9.59 Å². The number of anilines is 9. The maximum Gasteiger partial charge on any atom is 1.00 e. The number of hydrogen-bond donors (Lipinski definition) is 19. The molecule has 10 aromatic rings. The number of H-pyrrole nitrogens is 7. The molecule has 85 heavy (non-hydrogen) atoms. The van der Waals surface area contributed by atoms with E-state index in [1.54, 1.807) is 31.1 Å². The van der Waals surface area contributed by atoms with Crippen molar-refractivity contribution in [3.63, 3.8) is 0 Å². The van der Waals surface area contributed by atoms with Crippen molar-refractivity contribution >= 4 is 131 Å². The van der Waals surface area contributed by atoms with Crippen LogP contribution in [0.1, 0.15) is 61.1 Å². The van der Waals surface area contributed by atoms with Crippen molar-refractivity contribution in [2.24, 2.45) is 5.34 Å². The van der Waals surface area contributed by atoms with Gasteiger partial charge in [-0.15, -0.1) is 32.8 Å². The minimum Gasteiger partial charge on any atom is -0.444 e. The fourth-order valence-electron chi connectivity index (χ4n) is 4.35. The number of aryl methyl sites for hydroxylation is 1. The Morgan fingerprint density at radius 2 is 0.976 bits per heavy atom. The van der Waals surface area contributed by atoms with Crippen LogP contribution in [-0.4, -0.2) is 141 Å². The first-order chi connectivity index (χ1) is 40.1. The zero-order valence-corrected chi connectivity index (χ0v) is 52.4. The molecule has 0 amide bonds. The van der Waals surface area contributed by atoms with Gasteiger partial charge in [-0.2, -0.15) is 95.4 Å². The van der Waals surface area contributed by atoms with E-state index < -0.39 is 16.0 Å². The molecule has 0 saturated heterocycles. The van der Waals surface area contributed by atoms with E-state index in [2.05, 4.69) is 134 Å². The molecule has 458 valence electrons. The molecule has 26 N–H and O–H groups in total. The summed E-state index contributed by atoms with van der Waals surface area (Å²) in [5.41, 5.74) is 53.1. The van der Waals surface area contributed by atoms with Crippen LogP contribution in [0.3, 0.4) is 0 Å². The normalized spacial score (nSPS) is 9.51. The summed E-state index contributed by atoms with van der Waals surface area (Å²) < 4.78 is 32.5. The third-order valence-electron chi connectivity index (χ3n) is 7.80. The Morgan fingerprint density at radius 1 is 0.553 bits per heavy atom. The molecule has 0 aliphatic carbocycles. The molecule has 0 atom stereocenters. The third-order valence-corrected chi connectivity index (χ3v) is 9.07. The molecule has 42 nitrogen and oxygen atoms in total. The Morgan fingerprint density at radius 3 is 1.44 bits per heavy atom. The molecule has 1 aliphatic heterocycles. The van der Waals surface area contributed by atoms with E-state index in [0.29, 0.717) is 71.1 Å². The van der Waals surface area contributed by atoms with Gasteiger partial charge in [0.25, 0.3) is 11.1 Å². The molecule has 0 bridgehead atoms. The number of aromatic amines is 7. The van der Waals surface area contributed by atoms with Crippen LogP contribution in [0.2, 0.25) is 0 Å². The van der Waals surface area contributed by atoms with Gasteiger partial charge in [0.2, 0.25) is 0 Å². The summed E-state index contributed by atoms with van der Waals surface area (Å²) in [6, 6.07) is 0. The number of nitrogen functional groups attached to an aromatic ring is 7. The van der Waals surface area contributed by atoms with Crippen LogP contribution >= 0.6 is 36.2 Å². The van der Waals surface area contributed by atoms with Crippen molar-refractivity contribution in [3.05, 3.63) is 89.2 Å². The number of hydrogen-bond acceptors (Lipinski definition) is 36. The number of aromatic nitrogens is 23. The average Bonchev–Trinajstić information content (AvgIpc) is 4.58. The molecule has 0 fully saturated rings. The summed E-state index contributed by atoms with van der Waals surface area (Å²) in [6.45, 7) is 17.8. The van der Waals surface area contributed by atoms with Gasteiger partial charge in [-0.1, -0.05) is 79.8 Å². The van der Waals surface area contributed by atoms with Gasteiger partial charge in [-0.25, -0.2) is 10.2 Å². The van der Waals surface area contributed by atoms with Crippen LogP contribution in [0.4, 0.5) is 51.3 Å². The summed E-state index contributed by atoms with van der Waals surface area (Å²) in [6.07, 6.45) is 12.3. The molecule has 0 saturated carbocycles. The quantitative estimate of drug-likeness (QED) is 0.0237. The van der Waals surface area contributed by atoms with E-state index in [-0.39, 0.29) is 52.0 Å². The largest absolute Gasteiger partial charge is 1.00 e. The molecule has 11 rings (SSSR count). The van der Waals surface area contributed by atoms with Gasteiger partial charge >= 0.3 is 40.0 Å². The third kappa shape index (κ3) is 29.9. The number of nitrogens with two attached hydrogens (primary N) is 7. The van der Waals surface area contributed by atoms with E-state index in [1.807, 2.05) is 61.6 Å². The SMILES string of the molecule is CC.CC.CC.CC.CSc1nncc2c1NNN2.Cc1nncc(N)c1N.Nc1cn[nH]c(=O)c1N.Nc1cn[nH]c(=S)c1N.Nc1nncc2n[nH]nc12.O=N[O-].O=S(=O)(O)O.O=c1[nH]ncc2n[nH]nc12.S=c1[nH]ncc2n[nH]nc12.[Na+]. The van der Waals surface area contributed by atoms with Gasteiger partial charge in [-0.3, -0.25) is 34.3 Å². The van der Waals surface area contributed by atoms with Crippen LogP contribution in [0.15, 0.2) is 63.3 Å². The molecule has 0 aromatic carbocycles. The fourth-order valence-corrected chi connectivity index (χ4v) is 5.22. The van der Waals surface area contributed by atoms with E-state index in [1.165, 1.54) is 31.0 Å². The summed E-state index contributed by atoms with van der Waals surface area (Å²) in [7, 11) is -4.67. The van der Waals surface area contributed by atoms with Gasteiger partial charge in [0.1, 0.15) is 42.2 Å². The van der Waals surface area contributed by atoms with Crippen LogP contribution in [0, 0.1) is 26.3 Å². The van der Waals surface area contributed by atoms with Crippen LogP contribution in [0.25, 0.3) is 33.1 Å². The predicted octanol–water partition coefficient (Wildman–Crippen LogP) is -0.869. The average molecular weight is 1280 g/mol. The summed E-state index contributed by atoms with van der Waals surface area (Å²) in [4.78, 5) is 29.3. The molecule has 47 heteroatoms. The van der Waals surface area contributed by atoms with Gasteiger partial charge in [0, 0.05) is 0 Å². The zero-order valence-electron chi connectivity index (χ0n) is 47.2. The maximum atomic E-state index is 10.8. The second kappa shape index (κ2) is 45.1. The van der Waals surface area contributed by atoms with Gasteiger partial charge in [0.05, 0.1) is 83.2 Å². The predicted molar refractivity (Wildman–Crippen MR) is 324 cm³/mol. The van der Waals surface area contributed by atoms with Gasteiger partial charge in [-0.05, 0) is 13.2 Å². The van der Waals surface area contributed by atoms with Crippen molar-refractivity contribution in [2.75, 3.05) is 57.2 Å². The number of thioether (sulfide) groups is 1. The Hall–Kier alpha value is -9.42. The van der Waals surface area contributed by atoms with E-state index >= 15 is 0 Å². The Bertz CT molecular complexity index is 3640. The second-order valence-corrected chi connectivity index (χ2v) is 15.3. The molecule has 1 aliphatic rings. The van der Waals surface area contributed by atoms with Gasteiger partial charge < -0.3 is 55.7 Å². The molecule has 0 unspecified atom stereocenters. The van der Waals surface area contributed by atoms with E-state index in [4.69, 9.17) is 92.2 Å². The van der Waals surface area contributed by atoms with E-state index in [0.717, 1.165) is 21.7 Å². The molecule has 11 heterocycles. The standard InChI is InChI=1S/C5H7N5S.C5H8N4.C4H4N6.C4H3N5O.C4H3N5S.C4H6N4O.C4H6N4S.4C2H6.HNO2.Na.H2O4S/c1-11-5-4-3(2-6-9-5)7-10-8-4;1-3-5(7)4(6)2-8-9-3;5-4-3-2(1-6-9-4)7-10-8-3;2*10-4-3-2(1-5-8-4)6-9-7-3;2*5-2-1-7-8-4(9)3(2)6;4*1-2;2-1-3;;1-5(2,3)4/h2,7-8,10H,1H3;2H,1H3,(H2,6,9)(H2,7,8);1H,(H2,5,9)(H,7,8,10);2*1H,(H,8,10)(H,6,7,9);2*1H,(H2,6,7)(H3,5,8,9);4*1-2H3;(H,2,3);;(H2,1,2,3,4)/q;;;;;;;;;;;;+1;/p-1. The topological polar surface area (TPSA) is 696 Å². The Balaban J connectivity index is -0.000000886. The minimum absolute atomic E-state index is 0. The second-order valence-electron chi connectivity index (χ2n) is 12.8. The van der Waals surface area contributed by atoms with Crippen molar-refractivity contribution in [2.45, 2.75) is 67.3 Å². The minimum atomic E-state index is -4.67. The monoisotopic (exact) mass is 1270 g/mol. The van der Waals surface area contributed by atoms with Crippen molar-refractivity contribution < 1.29 is 47.1 Å². The summed E-state index contributed by atoms with van der Waals surface area (Å²) in [5.74, 6) is 0.297. The Kier molecular flexibility index (Phi) is 42.4. The van der Waals surface area contributed by atoms with Gasteiger partial charge in [0.15, 0.2) is 22.4 Å². The summed E-state index contributed by atoms with van der Waals surface area (Å²) >= 11 is 11.1. The maximum absolute atomic E-state index is 10.8. The molecule has 0 radical (unpaired) electrons. The molecular weight excluding hydrogens is 1210 g/mol. The van der Waals surface area contributed by atoms with Crippen LogP contribution in [0.5, 0.6) is 0 Å². The first kappa shape index (κ1) is 79.8. The van der Waals surface area contributed by atoms with Crippen LogP contribution in [-0.2, 0) is 10.4 Å². The number of nitrogens with zero attached hydrogens (tertiary/aromatic N) is 17. The number of hydrazine groups is 2. The van der Waals surface area contributed by atoms with Crippen LogP contribution < -0.4 is 97.2 Å². The first-order valence-electron chi connectivity index (χ1n) is 23.2. The zero-order chi connectivity index (χ0) is 64.4. The van der Waals surface area contributed by atoms with Crippen molar-refractivity contribution in [1.82, 2.24) is 123 Å². The number of fused-ring (bicyclic) bond motifs is 4. The summed E-state index contributed by atoms with van der Waals surface area (Å²) in [5, 5.41) is 85.4. The Labute approximate surface area is 517 Å². The fraction of sp³-hybridized carbons (Fsp3) is 0.263. The van der Waals surface area contributed by atoms with Crippen molar-refractivity contribution in [1.29, 1.82) is 0 Å². The molecule has 0 spiro atoms. The smallest absolute Gasteiger partial charge is 0.444 e. The van der Waals surface area contributed by atoms with Crippen molar-refractivity contribution in [3.8, 4) is 0 Å². The molecule has 10 aromatic heterocycles. The first-order valence-corrected chi connectivity index (χ1v) is 26.6. The number of rotatable bonds is 1. The number of nitrogens with one attached hydrogen (secondary N) is 10. The molecular formula is C38H63N34NaO8S4.